The fraction of sp³-hybridized carbons (Fsp3) is 1.00. The van der Waals surface area contributed by atoms with Gasteiger partial charge in [-0.2, -0.15) is 0 Å². The summed E-state index contributed by atoms with van der Waals surface area (Å²) >= 11 is 0. The van der Waals surface area contributed by atoms with Crippen molar-refractivity contribution in [3.05, 3.63) is 0 Å². The maximum atomic E-state index is 5.76. The van der Waals surface area contributed by atoms with Crippen molar-refractivity contribution in [2.75, 3.05) is 6.61 Å². The van der Waals surface area contributed by atoms with Crippen LogP contribution in [0.5, 0.6) is 0 Å². The van der Waals surface area contributed by atoms with E-state index in [0.717, 1.165) is 12.5 Å². The van der Waals surface area contributed by atoms with Crippen LogP contribution in [-0.4, -0.2) is 12.7 Å². The van der Waals surface area contributed by atoms with Crippen LogP contribution in [-0.2, 0) is 4.74 Å². The maximum Gasteiger partial charge on any atom is 0.0600 e. The molecule has 66 valence electrons. The predicted molar refractivity (Wildman–Crippen MR) is 47.7 cm³/mol. The minimum absolute atomic E-state index is 0.585. The van der Waals surface area contributed by atoms with E-state index in [1.165, 1.54) is 32.1 Å². The zero-order chi connectivity index (χ0) is 8.10. The molecule has 0 aromatic rings. The molecule has 2 atom stereocenters. The first kappa shape index (κ1) is 9.05. The van der Waals surface area contributed by atoms with Gasteiger partial charge in [-0.25, -0.2) is 0 Å². The standard InChI is InChI=1S/C10H20O/c1-3-4-8-11-10-7-5-6-9(10)2/h9-10H,3-8H2,1-2H3/t9-,10-/m0/s1. The van der Waals surface area contributed by atoms with E-state index in [2.05, 4.69) is 13.8 Å². The molecule has 0 N–H and O–H groups in total. The largest absolute Gasteiger partial charge is 0.378 e. The number of unbranched alkanes of at least 4 members (excludes halogenated alkanes) is 1. The molecule has 0 radical (unpaired) electrons. The van der Waals surface area contributed by atoms with Crippen LogP contribution in [0.2, 0.25) is 0 Å². The first-order chi connectivity index (χ1) is 5.34. The first-order valence-electron chi connectivity index (χ1n) is 4.96. The van der Waals surface area contributed by atoms with Crippen molar-refractivity contribution in [3.63, 3.8) is 0 Å². The van der Waals surface area contributed by atoms with Gasteiger partial charge in [-0.15, -0.1) is 0 Å². The van der Waals surface area contributed by atoms with Crippen molar-refractivity contribution in [3.8, 4) is 0 Å². The highest BCUT2D eigenvalue weighted by atomic mass is 16.5. The van der Waals surface area contributed by atoms with Crippen LogP contribution in [0.15, 0.2) is 0 Å². The average Bonchev–Trinajstić information content (AvgIpc) is 2.37. The number of hydrogen-bond acceptors (Lipinski definition) is 1. The van der Waals surface area contributed by atoms with Crippen LogP contribution in [0, 0.1) is 5.92 Å². The second-order valence-electron chi connectivity index (χ2n) is 3.67. The molecule has 1 aliphatic rings. The van der Waals surface area contributed by atoms with Gasteiger partial charge in [0.2, 0.25) is 0 Å². The molecule has 11 heavy (non-hydrogen) atoms. The Hall–Kier alpha value is -0.0400. The molecular weight excluding hydrogens is 136 g/mol. The van der Waals surface area contributed by atoms with E-state index >= 15 is 0 Å². The summed E-state index contributed by atoms with van der Waals surface area (Å²) < 4.78 is 5.76. The summed E-state index contributed by atoms with van der Waals surface area (Å²) in [5.41, 5.74) is 0. The molecule has 0 aliphatic heterocycles. The third-order valence-corrected chi connectivity index (χ3v) is 2.61. The Morgan fingerprint density at radius 3 is 2.73 bits per heavy atom. The van der Waals surface area contributed by atoms with Gasteiger partial charge < -0.3 is 4.74 Å². The average molecular weight is 156 g/mol. The number of ether oxygens (including phenoxy) is 1. The molecule has 0 heterocycles. The van der Waals surface area contributed by atoms with E-state index < -0.39 is 0 Å². The quantitative estimate of drug-likeness (QED) is 0.568. The molecule has 1 aliphatic carbocycles. The summed E-state index contributed by atoms with van der Waals surface area (Å²) in [6.07, 6.45) is 7.10. The van der Waals surface area contributed by atoms with E-state index in [0.29, 0.717) is 6.10 Å². The lowest BCUT2D eigenvalue weighted by molar-refractivity contribution is 0.0311. The number of rotatable bonds is 4. The van der Waals surface area contributed by atoms with Crippen molar-refractivity contribution < 1.29 is 4.74 Å². The van der Waals surface area contributed by atoms with E-state index in [-0.39, 0.29) is 0 Å². The van der Waals surface area contributed by atoms with Crippen LogP contribution in [0.1, 0.15) is 46.0 Å². The maximum absolute atomic E-state index is 5.76. The van der Waals surface area contributed by atoms with Crippen molar-refractivity contribution in [2.24, 2.45) is 5.92 Å². The highest BCUT2D eigenvalue weighted by Gasteiger charge is 2.23. The van der Waals surface area contributed by atoms with Crippen molar-refractivity contribution in [1.82, 2.24) is 0 Å². The molecule has 0 aromatic heterocycles. The molecule has 1 nitrogen and oxygen atoms in total. The highest BCUT2D eigenvalue weighted by molar-refractivity contribution is 4.74. The van der Waals surface area contributed by atoms with Crippen LogP contribution in [0.3, 0.4) is 0 Å². The van der Waals surface area contributed by atoms with Gasteiger partial charge in [0, 0.05) is 6.61 Å². The predicted octanol–water partition coefficient (Wildman–Crippen LogP) is 2.99. The van der Waals surface area contributed by atoms with Crippen molar-refractivity contribution in [1.29, 1.82) is 0 Å². The van der Waals surface area contributed by atoms with Gasteiger partial charge >= 0.3 is 0 Å². The normalized spacial score (nSPS) is 31.1. The molecule has 0 unspecified atom stereocenters. The highest BCUT2D eigenvalue weighted by Crippen LogP contribution is 2.27. The Morgan fingerprint density at radius 2 is 2.18 bits per heavy atom. The minimum atomic E-state index is 0.585. The van der Waals surface area contributed by atoms with Gasteiger partial charge in [0.05, 0.1) is 6.10 Å². The second-order valence-corrected chi connectivity index (χ2v) is 3.67. The van der Waals surface area contributed by atoms with E-state index in [9.17, 15) is 0 Å². The molecule has 0 aromatic carbocycles. The topological polar surface area (TPSA) is 9.23 Å². The smallest absolute Gasteiger partial charge is 0.0600 e. The van der Waals surface area contributed by atoms with E-state index in [1.807, 2.05) is 0 Å². The lowest BCUT2D eigenvalue weighted by atomic mass is 10.1. The van der Waals surface area contributed by atoms with Crippen molar-refractivity contribution >= 4 is 0 Å². The van der Waals surface area contributed by atoms with Gasteiger partial charge in [0.25, 0.3) is 0 Å². The van der Waals surface area contributed by atoms with Crippen molar-refractivity contribution in [2.45, 2.75) is 52.1 Å². The lowest BCUT2D eigenvalue weighted by Gasteiger charge is -2.15. The summed E-state index contributed by atoms with van der Waals surface area (Å²) in [7, 11) is 0. The van der Waals surface area contributed by atoms with Gasteiger partial charge in [-0.1, -0.05) is 26.7 Å². The van der Waals surface area contributed by atoms with E-state index in [1.54, 1.807) is 0 Å². The van der Waals surface area contributed by atoms with Crippen LogP contribution in [0.25, 0.3) is 0 Å². The Bertz CT molecular complexity index is 101. The summed E-state index contributed by atoms with van der Waals surface area (Å²) in [5, 5.41) is 0. The third kappa shape index (κ3) is 2.82. The molecule has 0 spiro atoms. The van der Waals surface area contributed by atoms with Crippen LogP contribution < -0.4 is 0 Å². The van der Waals surface area contributed by atoms with Crippen LogP contribution >= 0.6 is 0 Å². The van der Waals surface area contributed by atoms with Gasteiger partial charge in [-0.05, 0) is 25.2 Å². The molecule has 1 rings (SSSR count). The molecule has 0 bridgehead atoms. The molecule has 1 saturated carbocycles. The zero-order valence-electron chi connectivity index (χ0n) is 7.81. The fourth-order valence-electron chi connectivity index (χ4n) is 1.74. The number of hydrogen-bond donors (Lipinski definition) is 0. The monoisotopic (exact) mass is 156 g/mol. The summed E-state index contributed by atoms with van der Waals surface area (Å²) in [6.45, 7) is 5.50. The molecule has 0 amide bonds. The molecule has 0 saturated heterocycles. The van der Waals surface area contributed by atoms with Gasteiger partial charge in [-0.3, -0.25) is 0 Å². The molecular formula is C10H20O. The first-order valence-corrected chi connectivity index (χ1v) is 4.96. The molecule has 1 heteroatoms. The van der Waals surface area contributed by atoms with Gasteiger partial charge in [0.15, 0.2) is 0 Å². The summed E-state index contributed by atoms with van der Waals surface area (Å²) in [5.74, 6) is 0.812. The Morgan fingerprint density at radius 1 is 1.36 bits per heavy atom. The summed E-state index contributed by atoms with van der Waals surface area (Å²) in [6, 6.07) is 0. The Balaban J connectivity index is 2.05. The van der Waals surface area contributed by atoms with Crippen LogP contribution in [0.4, 0.5) is 0 Å². The fourth-order valence-corrected chi connectivity index (χ4v) is 1.74. The Labute approximate surface area is 70.1 Å². The summed E-state index contributed by atoms with van der Waals surface area (Å²) in [4.78, 5) is 0. The molecule has 1 fully saturated rings. The second kappa shape index (κ2) is 4.76. The van der Waals surface area contributed by atoms with E-state index in [4.69, 9.17) is 4.74 Å². The zero-order valence-corrected chi connectivity index (χ0v) is 7.81. The lowest BCUT2D eigenvalue weighted by Crippen LogP contribution is -2.16. The third-order valence-electron chi connectivity index (χ3n) is 2.61. The minimum Gasteiger partial charge on any atom is -0.378 e. The van der Waals surface area contributed by atoms with Gasteiger partial charge in [0.1, 0.15) is 0 Å². The Kier molecular flexibility index (Phi) is 3.92. The SMILES string of the molecule is CCCCO[C@H]1CCC[C@@H]1C.